The molecule has 0 spiro atoms. The molecule has 0 unspecified atom stereocenters. The number of aromatic nitrogens is 2. The smallest absolute Gasteiger partial charge is 0.411 e. The maximum Gasteiger partial charge on any atom is 0.411 e. The fourth-order valence-corrected chi connectivity index (χ4v) is 4.42. The summed E-state index contributed by atoms with van der Waals surface area (Å²) in [6.45, 7) is 3.08. The van der Waals surface area contributed by atoms with Gasteiger partial charge in [-0.05, 0) is 55.5 Å². The second-order valence-corrected chi connectivity index (χ2v) is 8.54. The minimum Gasteiger partial charge on any atom is -0.497 e. The molecule has 2 heterocycles. The molecule has 33 heavy (non-hydrogen) atoms. The lowest BCUT2D eigenvalue weighted by Crippen LogP contribution is -2.33. The fourth-order valence-electron chi connectivity index (χ4n) is 3.55. The van der Waals surface area contributed by atoms with Gasteiger partial charge >= 0.3 is 6.09 Å². The number of anilines is 1. The van der Waals surface area contributed by atoms with E-state index in [1.807, 2.05) is 59.3 Å². The standard InChI is InChI=1S/C24H27N3O5S/c1-3-30-23(28)26-19-6-10-22(11-7-19)33-15-21-14-31-24(32-21,16-27-13-12-25-17-27)18-4-8-20(29-2)9-5-18/h4-13,17,21H,3,14-16H2,1-2H3,(H,26,28)/t21-,24-/m0/s1. The third-order valence-electron chi connectivity index (χ3n) is 5.15. The van der Waals surface area contributed by atoms with Gasteiger partial charge in [-0.2, -0.15) is 0 Å². The van der Waals surface area contributed by atoms with Crippen LogP contribution in [0, 0.1) is 0 Å². The summed E-state index contributed by atoms with van der Waals surface area (Å²) >= 11 is 1.68. The summed E-state index contributed by atoms with van der Waals surface area (Å²) in [6.07, 6.45) is 4.85. The van der Waals surface area contributed by atoms with Crippen molar-refractivity contribution in [1.82, 2.24) is 9.55 Å². The maximum absolute atomic E-state index is 11.5. The third kappa shape index (κ3) is 5.87. The van der Waals surface area contributed by atoms with Crippen molar-refractivity contribution < 1.29 is 23.7 Å². The van der Waals surface area contributed by atoms with E-state index in [0.717, 1.165) is 22.0 Å². The number of carbonyl (C=O) groups excluding carboxylic acids is 1. The highest BCUT2D eigenvalue weighted by Gasteiger charge is 2.43. The lowest BCUT2D eigenvalue weighted by Gasteiger charge is -2.29. The number of imidazole rings is 1. The van der Waals surface area contributed by atoms with Crippen molar-refractivity contribution in [3.63, 3.8) is 0 Å². The summed E-state index contributed by atoms with van der Waals surface area (Å²) in [5.74, 6) is 0.612. The molecule has 8 nitrogen and oxygen atoms in total. The van der Waals surface area contributed by atoms with Crippen molar-refractivity contribution in [3.05, 3.63) is 72.8 Å². The van der Waals surface area contributed by atoms with Crippen LogP contribution in [0.1, 0.15) is 12.5 Å². The molecule has 1 N–H and O–H groups in total. The Morgan fingerprint density at radius 1 is 1.24 bits per heavy atom. The van der Waals surface area contributed by atoms with Crippen LogP contribution >= 0.6 is 11.8 Å². The maximum atomic E-state index is 11.5. The van der Waals surface area contributed by atoms with E-state index in [0.29, 0.717) is 25.4 Å². The van der Waals surface area contributed by atoms with Gasteiger partial charge in [0.15, 0.2) is 0 Å². The molecule has 1 saturated heterocycles. The average molecular weight is 470 g/mol. The first-order valence-corrected chi connectivity index (χ1v) is 11.7. The first-order chi connectivity index (χ1) is 16.1. The number of amides is 1. The molecular weight excluding hydrogens is 442 g/mol. The van der Waals surface area contributed by atoms with Gasteiger partial charge in [0.25, 0.3) is 0 Å². The SMILES string of the molecule is CCOC(=O)Nc1ccc(SC[C@@H]2CO[C@](Cn3ccnc3)(c3ccc(OC)cc3)O2)cc1. The predicted octanol–water partition coefficient (Wildman–Crippen LogP) is 4.52. The number of carbonyl (C=O) groups is 1. The Morgan fingerprint density at radius 2 is 2.03 bits per heavy atom. The van der Waals surface area contributed by atoms with Crippen LogP contribution in [-0.2, 0) is 26.5 Å². The van der Waals surface area contributed by atoms with Gasteiger partial charge < -0.3 is 23.5 Å². The van der Waals surface area contributed by atoms with Gasteiger partial charge in [-0.1, -0.05) is 0 Å². The normalized spacial score (nSPS) is 19.9. The van der Waals surface area contributed by atoms with Crippen LogP contribution in [0.4, 0.5) is 10.5 Å². The average Bonchev–Trinajstić information content (AvgIpc) is 3.50. The minimum absolute atomic E-state index is 0.0852. The highest BCUT2D eigenvalue weighted by atomic mass is 32.2. The van der Waals surface area contributed by atoms with Gasteiger partial charge in [0.2, 0.25) is 5.79 Å². The Hall–Kier alpha value is -3.01. The molecule has 2 atom stereocenters. The molecule has 174 valence electrons. The van der Waals surface area contributed by atoms with Crippen LogP contribution in [0.25, 0.3) is 0 Å². The molecule has 1 aromatic heterocycles. The molecule has 0 radical (unpaired) electrons. The molecule has 0 saturated carbocycles. The Bertz CT molecular complexity index is 1030. The molecule has 9 heteroatoms. The molecule has 3 aromatic rings. The molecule has 1 amide bonds. The molecule has 2 aromatic carbocycles. The first-order valence-electron chi connectivity index (χ1n) is 10.7. The number of methoxy groups -OCH3 is 1. The summed E-state index contributed by atoms with van der Waals surface area (Å²) in [7, 11) is 1.64. The topological polar surface area (TPSA) is 83.8 Å². The number of benzene rings is 2. The second kappa shape index (κ2) is 10.7. The number of thioether (sulfide) groups is 1. The largest absolute Gasteiger partial charge is 0.497 e. The molecule has 0 aliphatic carbocycles. The van der Waals surface area contributed by atoms with Crippen LogP contribution in [0.3, 0.4) is 0 Å². The van der Waals surface area contributed by atoms with E-state index in [4.69, 9.17) is 18.9 Å². The Labute approximate surface area is 197 Å². The molecule has 4 rings (SSSR count). The highest BCUT2D eigenvalue weighted by molar-refractivity contribution is 7.99. The van der Waals surface area contributed by atoms with Crippen LogP contribution in [-0.4, -0.2) is 47.8 Å². The van der Waals surface area contributed by atoms with Crippen molar-refractivity contribution >= 4 is 23.5 Å². The third-order valence-corrected chi connectivity index (χ3v) is 6.30. The van der Waals surface area contributed by atoms with E-state index in [1.54, 1.807) is 38.3 Å². The van der Waals surface area contributed by atoms with Crippen molar-refractivity contribution in [1.29, 1.82) is 0 Å². The zero-order chi connectivity index (χ0) is 23.1. The van der Waals surface area contributed by atoms with E-state index >= 15 is 0 Å². The number of hydrogen-bond donors (Lipinski definition) is 1. The van der Waals surface area contributed by atoms with Gasteiger partial charge in [-0.3, -0.25) is 5.32 Å². The van der Waals surface area contributed by atoms with Gasteiger partial charge in [-0.25, -0.2) is 9.78 Å². The number of nitrogens with zero attached hydrogens (tertiary/aromatic N) is 2. The van der Waals surface area contributed by atoms with Crippen LogP contribution in [0.2, 0.25) is 0 Å². The van der Waals surface area contributed by atoms with Gasteiger partial charge in [-0.15, -0.1) is 11.8 Å². The van der Waals surface area contributed by atoms with E-state index < -0.39 is 11.9 Å². The van der Waals surface area contributed by atoms with Gasteiger partial charge in [0, 0.05) is 34.3 Å². The summed E-state index contributed by atoms with van der Waals surface area (Å²) in [5, 5.41) is 2.69. The van der Waals surface area contributed by atoms with Crippen molar-refractivity contribution in [2.45, 2.75) is 30.3 Å². The Morgan fingerprint density at radius 3 is 2.70 bits per heavy atom. The van der Waals surface area contributed by atoms with Crippen molar-refractivity contribution in [2.24, 2.45) is 0 Å². The number of rotatable bonds is 9. The lowest BCUT2D eigenvalue weighted by molar-refractivity contribution is -0.184. The zero-order valence-corrected chi connectivity index (χ0v) is 19.4. The van der Waals surface area contributed by atoms with Gasteiger partial charge in [0.1, 0.15) is 5.75 Å². The lowest BCUT2D eigenvalue weighted by atomic mass is 10.1. The zero-order valence-electron chi connectivity index (χ0n) is 18.6. The van der Waals surface area contributed by atoms with E-state index in [2.05, 4.69) is 10.3 Å². The van der Waals surface area contributed by atoms with Crippen molar-refractivity contribution in [3.8, 4) is 5.75 Å². The number of nitrogens with one attached hydrogen (secondary N) is 1. The van der Waals surface area contributed by atoms with E-state index in [9.17, 15) is 4.79 Å². The number of ether oxygens (including phenoxy) is 4. The fraction of sp³-hybridized carbons (Fsp3) is 0.333. The summed E-state index contributed by atoms with van der Waals surface area (Å²) in [5.41, 5.74) is 1.62. The second-order valence-electron chi connectivity index (χ2n) is 7.45. The molecule has 1 aliphatic heterocycles. The van der Waals surface area contributed by atoms with Crippen LogP contribution in [0.5, 0.6) is 5.75 Å². The van der Waals surface area contributed by atoms with Crippen molar-refractivity contribution in [2.75, 3.05) is 31.4 Å². The first kappa shape index (κ1) is 23.2. The minimum atomic E-state index is -0.897. The molecular formula is C24H27N3O5S. The summed E-state index contributed by atoms with van der Waals surface area (Å²) in [4.78, 5) is 16.8. The quantitative estimate of drug-likeness (QED) is 0.461. The summed E-state index contributed by atoms with van der Waals surface area (Å²) < 4.78 is 24.9. The Kier molecular flexibility index (Phi) is 7.54. The molecule has 1 fully saturated rings. The summed E-state index contributed by atoms with van der Waals surface area (Å²) in [6, 6.07) is 15.4. The monoisotopic (exact) mass is 469 g/mol. The van der Waals surface area contributed by atoms with Gasteiger partial charge in [0.05, 0.1) is 39.3 Å². The van der Waals surface area contributed by atoms with Crippen LogP contribution in [0.15, 0.2) is 72.1 Å². The Balaban J connectivity index is 1.40. The van der Waals surface area contributed by atoms with E-state index in [1.165, 1.54) is 0 Å². The van der Waals surface area contributed by atoms with Crippen LogP contribution < -0.4 is 10.1 Å². The predicted molar refractivity (Wildman–Crippen MR) is 126 cm³/mol. The molecule has 1 aliphatic rings. The molecule has 0 bridgehead atoms. The highest BCUT2D eigenvalue weighted by Crippen LogP contribution is 2.38. The van der Waals surface area contributed by atoms with E-state index in [-0.39, 0.29) is 6.10 Å². The number of hydrogen-bond acceptors (Lipinski definition) is 7.